The van der Waals surface area contributed by atoms with E-state index in [1.165, 1.54) is 0 Å². The molecule has 0 saturated carbocycles. The first-order chi connectivity index (χ1) is 2.89. The molecular weight excluding hydrogens is 162 g/mol. The molecule has 0 aromatic carbocycles. The summed E-state index contributed by atoms with van der Waals surface area (Å²) in [6.07, 6.45) is 1.82. The van der Waals surface area contributed by atoms with E-state index in [0.717, 1.165) is 9.69 Å². The maximum Gasteiger partial charge on any atom is 0.0896 e. The van der Waals surface area contributed by atoms with Gasteiger partial charge in [-0.25, -0.2) is 0 Å². The van der Waals surface area contributed by atoms with Crippen LogP contribution in [0.1, 0.15) is 0 Å². The van der Waals surface area contributed by atoms with Crippen molar-refractivity contribution >= 4 is 27.7 Å². The lowest BCUT2D eigenvalue weighted by Crippen LogP contribution is -1.82. The molecule has 0 saturated heterocycles. The van der Waals surface area contributed by atoms with Crippen molar-refractivity contribution in [2.45, 2.75) is 0 Å². The van der Waals surface area contributed by atoms with E-state index in [4.69, 9.17) is 0 Å². The van der Waals surface area contributed by atoms with Crippen LogP contribution in [-0.2, 0) is 0 Å². The van der Waals surface area contributed by atoms with Gasteiger partial charge in [-0.05, 0) is 15.9 Å². The molecule has 0 aromatic heterocycles. The Morgan fingerprint density at radius 2 is 2.83 bits per heavy atom. The SMILES string of the molecule is BrC1=C[N]CS1. The van der Waals surface area contributed by atoms with Crippen LogP contribution in [0, 0.1) is 0 Å². The number of hydrogen-bond acceptors (Lipinski definition) is 1. The monoisotopic (exact) mass is 164 g/mol. The average molecular weight is 165 g/mol. The highest BCUT2D eigenvalue weighted by molar-refractivity contribution is 9.14. The summed E-state index contributed by atoms with van der Waals surface area (Å²) >= 11 is 4.98. The molecule has 0 amide bonds. The van der Waals surface area contributed by atoms with Crippen molar-refractivity contribution in [3.63, 3.8) is 0 Å². The summed E-state index contributed by atoms with van der Waals surface area (Å²) in [4.78, 5) is 0. The van der Waals surface area contributed by atoms with E-state index in [0.29, 0.717) is 0 Å². The lowest BCUT2D eigenvalue weighted by molar-refractivity contribution is 1.06. The van der Waals surface area contributed by atoms with Gasteiger partial charge >= 0.3 is 0 Å². The molecule has 1 aliphatic rings. The summed E-state index contributed by atoms with van der Waals surface area (Å²) in [6, 6.07) is 0. The molecule has 0 N–H and O–H groups in total. The van der Waals surface area contributed by atoms with Gasteiger partial charge in [0.05, 0.1) is 9.69 Å². The predicted molar refractivity (Wildman–Crippen MR) is 31.6 cm³/mol. The Morgan fingerprint density at radius 1 is 2.00 bits per heavy atom. The normalized spacial score (nSPS) is 19.8. The Hall–Kier alpha value is 0.370. The zero-order valence-corrected chi connectivity index (χ0v) is 5.42. The Balaban J connectivity index is 2.45. The van der Waals surface area contributed by atoms with Gasteiger partial charge in [0.15, 0.2) is 0 Å². The first-order valence-corrected chi connectivity index (χ1v) is 3.32. The van der Waals surface area contributed by atoms with Crippen LogP contribution in [-0.4, -0.2) is 5.88 Å². The van der Waals surface area contributed by atoms with E-state index in [2.05, 4.69) is 21.2 Å². The van der Waals surface area contributed by atoms with Gasteiger partial charge in [-0.1, -0.05) is 11.8 Å². The summed E-state index contributed by atoms with van der Waals surface area (Å²) in [7, 11) is 0. The minimum Gasteiger partial charge on any atom is -0.280 e. The molecular formula is C3H3BrNS. The van der Waals surface area contributed by atoms with Crippen molar-refractivity contribution < 1.29 is 0 Å². The highest BCUT2D eigenvalue weighted by Crippen LogP contribution is 2.24. The number of nitrogens with zero attached hydrogens (tertiary/aromatic N) is 1. The van der Waals surface area contributed by atoms with Crippen LogP contribution in [0.2, 0.25) is 0 Å². The van der Waals surface area contributed by atoms with Crippen LogP contribution in [0.4, 0.5) is 0 Å². The van der Waals surface area contributed by atoms with E-state index in [9.17, 15) is 0 Å². The second-order valence-electron chi connectivity index (χ2n) is 0.889. The van der Waals surface area contributed by atoms with Crippen molar-refractivity contribution in [2.24, 2.45) is 0 Å². The van der Waals surface area contributed by atoms with Gasteiger partial charge in [-0.3, -0.25) is 5.32 Å². The maximum absolute atomic E-state index is 3.92. The van der Waals surface area contributed by atoms with Gasteiger partial charge in [0, 0.05) is 6.20 Å². The number of rotatable bonds is 0. The van der Waals surface area contributed by atoms with Crippen LogP contribution < -0.4 is 5.32 Å². The van der Waals surface area contributed by atoms with Crippen LogP contribution in [0.3, 0.4) is 0 Å². The van der Waals surface area contributed by atoms with Crippen LogP contribution >= 0.6 is 27.7 Å². The number of halogens is 1. The molecule has 1 nitrogen and oxygen atoms in total. The molecule has 1 heterocycles. The molecule has 0 unspecified atom stereocenters. The largest absolute Gasteiger partial charge is 0.280 e. The zero-order valence-electron chi connectivity index (χ0n) is 3.02. The van der Waals surface area contributed by atoms with Crippen molar-refractivity contribution in [1.29, 1.82) is 0 Å². The van der Waals surface area contributed by atoms with Crippen molar-refractivity contribution in [3.05, 3.63) is 10.0 Å². The van der Waals surface area contributed by atoms with Gasteiger partial charge in [0.1, 0.15) is 0 Å². The van der Waals surface area contributed by atoms with Crippen molar-refractivity contribution in [3.8, 4) is 0 Å². The molecule has 0 atom stereocenters. The fourth-order valence-corrected chi connectivity index (χ4v) is 1.12. The first kappa shape index (κ1) is 4.53. The highest BCUT2D eigenvalue weighted by Gasteiger charge is 1.98. The standard InChI is InChI=1S/C3H3BrNS/c4-3-1-5-2-6-3/h1H,2H2. The maximum atomic E-state index is 3.92. The molecule has 0 fully saturated rings. The number of hydrogen-bond donors (Lipinski definition) is 0. The van der Waals surface area contributed by atoms with Crippen LogP contribution in [0.5, 0.6) is 0 Å². The van der Waals surface area contributed by atoms with Crippen LogP contribution in [0.25, 0.3) is 0 Å². The minimum atomic E-state index is 0.889. The van der Waals surface area contributed by atoms with Gasteiger partial charge in [-0.2, -0.15) is 0 Å². The van der Waals surface area contributed by atoms with Gasteiger partial charge < -0.3 is 0 Å². The Morgan fingerprint density at radius 3 is 3.00 bits per heavy atom. The smallest absolute Gasteiger partial charge is 0.0896 e. The summed E-state index contributed by atoms with van der Waals surface area (Å²) < 4.78 is 1.14. The van der Waals surface area contributed by atoms with E-state index in [-0.39, 0.29) is 0 Å². The quantitative estimate of drug-likeness (QED) is 0.530. The Kier molecular flexibility index (Phi) is 1.42. The topological polar surface area (TPSA) is 14.1 Å². The second kappa shape index (κ2) is 1.89. The van der Waals surface area contributed by atoms with E-state index in [1.54, 1.807) is 11.8 Å². The lowest BCUT2D eigenvalue weighted by Gasteiger charge is -1.75. The third-order valence-electron chi connectivity index (χ3n) is 0.470. The molecule has 0 spiro atoms. The first-order valence-electron chi connectivity index (χ1n) is 1.54. The highest BCUT2D eigenvalue weighted by atomic mass is 79.9. The van der Waals surface area contributed by atoms with Gasteiger partial charge in [0.25, 0.3) is 0 Å². The third-order valence-corrected chi connectivity index (χ3v) is 2.02. The molecule has 0 aliphatic carbocycles. The Bertz CT molecular complexity index is 80.9. The summed E-state index contributed by atoms with van der Waals surface area (Å²) in [5.41, 5.74) is 0. The van der Waals surface area contributed by atoms with Crippen molar-refractivity contribution in [1.82, 2.24) is 5.32 Å². The predicted octanol–water partition coefficient (Wildman–Crippen LogP) is 1.49. The summed E-state index contributed by atoms with van der Waals surface area (Å²) in [5.74, 6) is 0.889. The minimum absolute atomic E-state index is 0.889. The molecule has 6 heavy (non-hydrogen) atoms. The van der Waals surface area contributed by atoms with E-state index >= 15 is 0 Å². The summed E-state index contributed by atoms with van der Waals surface area (Å²) in [6.45, 7) is 0. The third kappa shape index (κ3) is 0.914. The van der Waals surface area contributed by atoms with E-state index < -0.39 is 0 Å². The Labute approximate surface area is 49.3 Å². The molecule has 3 heteroatoms. The summed E-state index contributed by atoms with van der Waals surface area (Å²) in [5, 5.41) is 3.92. The molecule has 1 radical (unpaired) electrons. The fourth-order valence-electron chi connectivity index (χ4n) is 0.245. The van der Waals surface area contributed by atoms with Crippen molar-refractivity contribution in [2.75, 3.05) is 5.88 Å². The molecule has 1 rings (SSSR count). The molecule has 0 bridgehead atoms. The van der Waals surface area contributed by atoms with Gasteiger partial charge in [-0.15, -0.1) is 0 Å². The number of thioether (sulfide) groups is 1. The molecule has 33 valence electrons. The average Bonchev–Trinajstić information content (AvgIpc) is 1.86. The zero-order chi connectivity index (χ0) is 4.41. The van der Waals surface area contributed by atoms with Crippen LogP contribution in [0.15, 0.2) is 10.0 Å². The second-order valence-corrected chi connectivity index (χ2v) is 3.26. The fraction of sp³-hybridized carbons (Fsp3) is 0.333. The molecule has 1 aliphatic heterocycles. The van der Waals surface area contributed by atoms with Gasteiger partial charge in [0.2, 0.25) is 0 Å². The lowest BCUT2D eigenvalue weighted by atomic mass is 11.0. The molecule has 0 aromatic rings. The van der Waals surface area contributed by atoms with E-state index in [1.807, 2.05) is 6.20 Å².